The second-order valence-corrected chi connectivity index (χ2v) is 6.07. The van der Waals surface area contributed by atoms with E-state index in [1.807, 2.05) is 0 Å². The van der Waals surface area contributed by atoms with Gasteiger partial charge in [-0.1, -0.05) is 26.3 Å². The number of hydrogen-bond donors (Lipinski definition) is 1. The molecule has 1 unspecified atom stereocenters. The van der Waals surface area contributed by atoms with Crippen LogP contribution in [0, 0.1) is 5.92 Å². The van der Waals surface area contributed by atoms with Gasteiger partial charge in [0, 0.05) is 37.8 Å². The third-order valence-corrected chi connectivity index (χ3v) is 4.61. The van der Waals surface area contributed by atoms with Crippen LogP contribution in [-0.2, 0) is 6.18 Å². The van der Waals surface area contributed by atoms with Crippen molar-refractivity contribution in [2.24, 2.45) is 5.92 Å². The van der Waals surface area contributed by atoms with Crippen LogP contribution in [0.4, 0.5) is 13.2 Å². The molecular formula is C17H27Cl2F3N2O. The van der Waals surface area contributed by atoms with Crippen LogP contribution in [0.15, 0.2) is 18.2 Å². The van der Waals surface area contributed by atoms with Gasteiger partial charge >= 0.3 is 6.18 Å². The molecule has 1 N–H and O–H groups in total. The lowest BCUT2D eigenvalue weighted by atomic mass is 9.89. The summed E-state index contributed by atoms with van der Waals surface area (Å²) in [5, 5.41) is 3.31. The standard InChI is InChI=1S/C17H25F3N2O.2ClH/c1-4-12(2)16(22-9-7-21-8-10-22)14-6-5-13(17(18,19)20)11-15(14)23-3;;/h5-6,11-12,16,21H,4,7-10H2,1-3H3;2*1H/t12?,16-;;/m0../s1. The average molecular weight is 403 g/mol. The molecule has 1 heterocycles. The van der Waals surface area contributed by atoms with Crippen molar-refractivity contribution in [3.8, 4) is 5.75 Å². The molecule has 1 aromatic rings. The van der Waals surface area contributed by atoms with E-state index in [0.717, 1.165) is 50.3 Å². The topological polar surface area (TPSA) is 24.5 Å². The summed E-state index contributed by atoms with van der Waals surface area (Å²) in [5.74, 6) is 0.655. The fourth-order valence-corrected chi connectivity index (χ4v) is 3.18. The number of nitrogens with zero attached hydrogens (tertiary/aromatic N) is 1. The van der Waals surface area contributed by atoms with Crippen molar-refractivity contribution in [2.75, 3.05) is 33.3 Å². The molecule has 3 nitrogen and oxygen atoms in total. The molecule has 0 aliphatic carbocycles. The van der Waals surface area contributed by atoms with Crippen LogP contribution in [0.2, 0.25) is 0 Å². The van der Waals surface area contributed by atoms with Crippen molar-refractivity contribution in [1.29, 1.82) is 0 Å². The molecule has 25 heavy (non-hydrogen) atoms. The van der Waals surface area contributed by atoms with E-state index in [1.54, 1.807) is 6.07 Å². The first-order valence-electron chi connectivity index (χ1n) is 8.08. The van der Waals surface area contributed by atoms with Crippen LogP contribution in [0.5, 0.6) is 5.75 Å². The molecule has 0 amide bonds. The summed E-state index contributed by atoms with van der Waals surface area (Å²) in [6.07, 6.45) is -3.40. The molecule has 0 bridgehead atoms. The van der Waals surface area contributed by atoms with Crippen molar-refractivity contribution in [1.82, 2.24) is 10.2 Å². The summed E-state index contributed by atoms with van der Waals surface area (Å²) >= 11 is 0. The number of halogens is 5. The lowest BCUT2D eigenvalue weighted by Gasteiger charge is -2.39. The van der Waals surface area contributed by atoms with E-state index in [2.05, 4.69) is 24.1 Å². The van der Waals surface area contributed by atoms with Gasteiger partial charge in [0.2, 0.25) is 0 Å². The molecule has 0 aromatic heterocycles. The zero-order valence-electron chi connectivity index (χ0n) is 14.7. The van der Waals surface area contributed by atoms with Gasteiger partial charge in [0.1, 0.15) is 5.75 Å². The summed E-state index contributed by atoms with van der Waals surface area (Å²) in [6, 6.07) is 3.93. The molecule has 2 rings (SSSR count). The predicted octanol–water partition coefficient (Wildman–Crippen LogP) is 4.55. The van der Waals surface area contributed by atoms with E-state index in [9.17, 15) is 13.2 Å². The van der Waals surface area contributed by atoms with Crippen LogP contribution in [-0.4, -0.2) is 38.2 Å². The molecule has 0 saturated carbocycles. The summed E-state index contributed by atoms with van der Waals surface area (Å²) < 4.78 is 44.1. The Morgan fingerprint density at radius 1 is 1.20 bits per heavy atom. The van der Waals surface area contributed by atoms with Gasteiger partial charge < -0.3 is 10.1 Å². The summed E-state index contributed by atoms with van der Waals surface area (Å²) in [7, 11) is 1.43. The highest BCUT2D eigenvalue weighted by Gasteiger charge is 2.34. The molecule has 0 spiro atoms. The Balaban J connectivity index is 0.00000288. The first-order valence-corrected chi connectivity index (χ1v) is 8.08. The fourth-order valence-electron chi connectivity index (χ4n) is 3.18. The monoisotopic (exact) mass is 402 g/mol. The minimum Gasteiger partial charge on any atom is -0.496 e. The van der Waals surface area contributed by atoms with E-state index >= 15 is 0 Å². The third-order valence-electron chi connectivity index (χ3n) is 4.61. The van der Waals surface area contributed by atoms with Crippen molar-refractivity contribution >= 4 is 24.8 Å². The number of nitrogens with one attached hydrogen (secondary N) is 1. The Morgan fingerprint density at radius 2 is 1.80 bits per heavy atom. The second-order valence-electron chi connectivity index (χ2n) is 6.07. The molecule has 2 atom stereocenters. The van der Waals surface area contributed by atoms with Gasteiger partial charge in [-0.2, -0.15) is 13.2 Å². The number of rotatable bonds is 5. The van der Waals surface area contributed by atoms with E-state index in [4.69, 9.17) is 4.74 Å². The summed E-state index contributed by atoms with van der Waals surface area (Å²) in [6.45, 7) is 7.82. The SMILES string of the molecule is CCC(C)[C@@H](c1ccc(C(F)(F)F)cc1OC)N1CCNCC1.Cl.Cl. The van der Waals surface area contributed by atoms with Crippen LogP contribution in [0.25, 0.3) is 0 Å². The fraction of sp³-hybridized carbons (Fsp3) is 0.647. The Bertz CT molecular complexity index is 523. The maximum Gasteiger partial charge on any atom is 0.416 e. The number of alkyl halides is 3. The van der Waals surface area contributed by atoms with Gasteiger partial charge in [-0.15, -0.1) is 24.8 Å². The van der Waals surface area contributed by atoms with Gasteiger partial charge in [0.25, 0.3) is 0 Å². The van der Waals surface area contributed by atoms with Gasteiger partial charge in [-0.05, 0) is 18.1 Å². The number of ether oxygens (including phenoxy) is 1. The molecule has 146 valence electrons. The van der Waals surface area contributed by atoms with E-state index in [0.29, 0.717) is 11.7 Å². The first kappa shape index (κ1) is 24.3. The van der Waals surface area contributed by atoms with Crippen molar-refractivity contribution in [3.05, 3.63) is 29.3 Å². The predicted molar refractivity (Wildman–Crippen MR) is 99.1 cm³/mol. The minimum atomic E-state index is -4.35. The molecule has 1 aliphatic rings. The van der Waals surface area contributed by atoms with E-state index in [1.165, 1.54) is 7.11 Å². The Morgan fingerprint density at radius 3 is 2.28 bits per heavy atom. The minimum absolute atomic E-state index is 0. The normalized spacial score (nSPS) is 17.8. The Hall–Kier alpha value is -0.690. The highest BCUT2D eigenvalue weighted by molar-refractivity contribution is 5.85. The molecule has 1 aromatic carbocycles. The average Bonchev–Trinajstić information content (AvgIpc) is 2.55. The smallest absolute Gasteiger partial charge is 0.416 e. The van der Waals surface area contributed by atoms with Crippen LogP contribution in [0.3, 0.4) is 0 Å². The summed E-state index contributed by atoms with van der Waals surface area (Å²) in [5.41, 5.74) is 0.179. The summed E-state index contributed by atoms with van der Waals surface area (Å²) in [4.78, 5) is 2.34. The quantitative estimate of drug-likeness (QED) is 0.781. The third kappa shape index (κ3) is 5.91. The van der Waals surface area contributed by atoms with Crippen molar-refractivity contribution in [3.63, 3.8) is 0 Å². The molecule has 1 saturated heterocycles. The molecule has 1 aliphatic heterocycles. The zero-order chi connectivity index (χ0) is 17.0. The van der Waals surface area contributed by atoms with Gasteiger partial charge in [-0.25, -0.2) is 0 Å². The Labute approximate surface area is 160 Å². The van der Waals surface area contributed by atoms with Crippen molar-refractivity contribution in [2.45, 2.75) is 32.5 Å². The van der Waals surface area contributed by atoms with Crippen LogP contribution >= 0.6 is 24.8 Å². The molecule has 1 fully saturated rings. The lowest BCUT2D eigenvalue weighted by molar-refractivity contribution is -0.137. The van der Waals surface area contributed by atoms with Gasteiger partial charge in [-0.3, -0.25) is 4.90 Å². The lowest BCUT2D eigenvalue weighted by Crippen LogP contribution is -2.46. The van der Waals surface area contributed by atoms with Crippen LogP contribution < -0.4 is 10.1 Å². The first-order chi connectivity index (χ1) is 10.9. The maximum absolute atomic E-state index is 12.9. The Kier molecular flexibility index (Phi) is 10.2. The number of methoxy groups -OCH3 is 1. The molecule has 0 radical (unpaired) electrons. The maximum atomic E-state index is 12.9. The van der Waals surface area contributed by atoms with Crippen LogP contribution in [0.1, 0.15) is 37.4 Å². The number of benzene rings is 1. The highest BCUT2D eigenvalue weighted by atomic mass is 35.5. The molecular weight excluding hydrogens is 376 g/mol. The van der Waals surface area contributed by atoms with E-state index < -0.39 is 11.7 Å². The largest absolute Gasteiger partial charge is 0.496 e. The number of hydrogen-bond acceptors (Lipinski definition) is 3. The zero-order valence-corrected chi connectivity index (χ0v) is 16.4. The highest BCUT2D eigenvalue weighted by Crippen LogP contribution is 2.39. The molecule has 8 heteroatoms. The van der Waals surface area contributed by atoms with Crippen molar-refractivity contribution < 1.29 is 17.9 Å². The van der Waals surface area contributed by atoms with E-state index in [-0.39, 0.29) is 30.9 Å². The van der Waals surface area contributed by atoms with Gasteiger partial charge in [0.05, 0.1) is 12.7 Å². The van der Waals surface area contributed by atoms with Gasteiger partial charge in [0.15, 0.2) is 0 Å². The number of piperazine rings is 1. The second kappa shape index (κ2) is 10.5.